The zero-order chi connectivity index (χ0) is 29.0. The number of carbonyl (C=O) groups is 2. The fourth-order valence-corrected chi connectivity index (χ4v) is 6.06. The van der Waals surface area contributed by atoms with Gasteiger partial charge in [0, 0.05) is 25.3 Å². The largest absolute Gasteiger partial charge is 0.491 e. The molecule has 3 N–H and O–H groups in total. The molecular formula is C28H36N4O7S. The highest BCUT2D eigenvalue weighted by atomic mass is 32.1. The number of nitrogens with two attached hydrogens (primary N) is 1. The summed E-state index contributed by atoms with van der Waals surface area (Å²) in [5, 5.41) is 2.96. The smallest absolute Gasteiger partial charge is 0.332 e. The normalized spacial score (nSPS) is 14.9. The van der Waals surface area contributed by atoms with Crippen molar-refractivity contribution in [2.45, 2.75) is 71.9 Å². The second kappa shape index (κ2) is 12.8. The lowest BCUT2D eigenvalue weighted by molar-refractivity contribution is -0.118. The van der Waals surface area contributed by atoms with Crippen LogP contribution >= 0.6 is 11.3 Å². The van der Waals surface area contributed by atoms with Gasteiger partial charge in [-0.1, -0.05) is 18.2 Å². The molecule has 1 saturated heterocycles. The van der Waals surface area contributed by atoms with Crippen molar-refractivity contribution >= 4 is 33.4 Å². The van der Waals surface area contributed by atoms with Gasteiger partial charge in [-0.05, 0) is 52.2 Å². The van der Waals surface area contributed by atoms with Crippen LogP contribution in [0.25, 0.3) is 10.2 Å². The molecule has 216 valence electrons. The van der Waals surface area contributed by atoms with Crippen LogP contribution in [0.15, 0.2) is 33.9 Å². The molecule has 0 spiro atoms. The molecular weight excluding hydrogens is 536 g/mol. The Morgan fingerprint density at radius 1 is 1.18 bits per heavy atom. The number of hydrogen-bond donors (Lipinski definition) is 2. The highest BCUT2D eigenvalue weighted by Crippen LogP contribution is 2.34. The molecule has 0 bridgehead atoms. The average Bonchev–Trinajstić information content (AvgIpc) is 3.26. The van der Waals surface area contributed by atoms with Crippen LogP contribution in [0.1, 0.15) is 60.5 Å². The van der Waals surface area contributed by atoms with E-state index < -0.39 is 29.8 Å². The molecule has 4 rings (SSSR count). The number of rotatable bonds is 11. The summed E-state index contributed by atoms with van der Waals surface area (Å²) in [6.45, 7) is 8.27. The monoisotopic (exact) mass is 572 g/mol. The predicted octanol–water partition coefficient (Wildman–Crippen LogP) is 2.49. The van der Waals surface area contributed by atoms with Gasteiger partial charge in [0.1, 0.15) is 23.2 Å². The number of nitrogens with one attached hydrogen (secondary N) is 1. The molecule has 0 aliphatic carbocycles. The van der Waals surface area contributed by atoms with Crippen molar-refractivity contribution in [3.8, 4) is 5.75 Å². The number of primary amides is 1. The van der Waals surface area contributed by atoms with E-state index in [1.54, 1.807) is 13.8 Å². The van der Waals surface area contributed by atoms with Crippen molar-refractivity contribution in [2.75, 3.05) is 19.8 Å². The van der Waals surface area contributed by atoms with Crippen molar-refractivity contribution in [3.63, 3.8) is 0 Å². The van der Waals surface area contributed by atoms with Gasteiger partial charge >= 0.3 is 5.69 Å². The van der Waals surface area contributed by atoms with Gasteiger partial charge in [0.25, 0.3) is 11.5 Å². The minimum Gasteiger partial charge on any atom is -0.491 e. The third-order valence-electron chi connectivity index (χ3n) is 6.65. The highest BCUT2D eigenvalue weighted by Gasteiger charge is 2.28. The van der Waals surface area contributed by atoms with Gasteiger partial charge in [-0.3, -0.25) is 23.5 Å². The minimum absolute atomic E-state index is 0.0129. The first-order chi connectivity index (χ1) is 19.1. The number of para-hydroxylation sites is 1. The third-order valence-corrected chi connectivity index (χ3v) is 7.97. The Labute approximate surface area is 235 Å². The molecule has 1 aliphatic rings. The van der Waals surface area contributed by atoms with E-state index >= 15 is 0 Å². The maximum Gasteiger partial charge on any atom is 0.332 e. The van der Waals surface area contributed by atoms with Crippen molar-refractivity contribution in [2.24, 2.45) is 5.73 Å². The Hall–Kier alpha value is -3.48. The quantitative estimate of drug-likeness (QED) is 0.359. The number of aryl methyl sites for hydroxylation is 1. The van der Waals surface area contributed by atoms with Gasteiger partial charge in [-0.25, -0.2) is 4.79 Å². The summed E-state index contributed by atoms with van der Waals surface area (Å²) < 4.78 is 20.4. The molecule has 1 atom stereocenters. The standard InChI is InChI=1S/C28H36N4O7S/c1-5-30-25(34)24-17(4)23-26(35)31(15-22(29)33)28(36)32(27(23)40-24)14-21(39-18-10-12-37-13-11-18)19-8-6-7-9-20(19)38-16(2)3/h6-9,16,18,21H,5,10-15H2,1-4H3,(H2,29,33)(H,30,34)/t21-/m0/s1. The van der Waals surface area contributed by atoms with E-state index in [4.69, 9.17) is 19.9 Å². The zero-order valence-electron chi connectivity index (χ0n) is 23.2. The van der Waals surface area contributed by atoms with E-state index in [0.29, 0.717) is 53.6 Å². The molecule has 40 heavy (non-hydrogen) atoms. The van der Waals surface area contributed by atoms with E-state index in [2.05, 4.69) is 5.32 Å². The van der Waals surface area contributed by atoms with Gasteiger partial charge < -0.3 is 25.3 Å². The molecule has 1 fully saturated rings. The van der Waals surface area contributed by atoms with Gasteiger partial charge in [-0.15, -0.1) is 11.3 Å². The summed E-state index contributed by atoms with van der Waals surface area (Å²) in [5.74, 6) is -0.547. The second-order valence-electron chi connectivity index (χ2n) is 9.99. The van der Waals surface area contributed by atoms with Gasteiger partial charge in [0.05, 0.1) is 29.0 Å². The number of aromatic nitrogens is 2. The van der Waals surface area contributed by atoms with E-state index in [1.807, 2.05) is 38.1 Å². The molecule has 3 aromatic rings. The van der Waals surface area contributed by atoms with E-state index in [1.165, 1.54) is 4.57 Å². The molecule has 0 unspecified atom stereocenters. The molecule has 3 heterocycles. The van der Waals surface area contributed by atoms with Gasteiger partial charge in [-0.2, -0.15) is 0 Å². The molecule has 12 heteroatoms. The van der Waals surface area contributed by atoms with Crippen molar-refractivity contribution in [3.05, 3.63) is 61.1 Å². The lowest BCUT2D eigenvalue weighted by atomic mass is 10.1. The lowest BCUT2D eigenvalue weighted by Gasteiger charge is -2.30. The molecule has 1 aromatic carbocycles. The zero-order valence-corrected chi connectivity index (χ0v) is 24.0. The van der Waals surface area contributed by atoms with Gasteiger partial charge in [0.2, 0.25) is 5.91 Å². The van der Waals surface area contributed by atoms with Crippen LogP contribution in [-0.2, 0) is 27.4 Å². The first kappa shape index (κ1) is 29.5. The predicted molar refractivity (Wildman–Crippen MR) is 152 cm³/mol. The number of amides is 2. The van der Waals surface area contributed by atoms with Crippen LogP contribution in [0.4, 0.5) is 0 Å². The van der Waals surface area contributed by atoms with Crippen molar-refractivity contribution in [1.82, 2.24) is 14.5 Å². The molecule has 2 amide bonds. The minimum atomic E-state index is -0.826. The van der Waals surface area contributed by atoms with Crippen LogP contribution in [0.2, 0.25) is 0 Å². The number of nitrogens with zero attached hydrogens (tertiary/aromatic N) is 2. The van der Waals surface area contributed by atoms with E-state index in [9.17, 15) is 19.2 Å². The Morgan fingerprint density at radius 3 is 2.52 bits per heavy atom. The van der Waals surface area contributed by atoms with E-state index in [0.717, 1.165) is 21.5 Å². The Kier molecular flexibility index (Phi) is 9.44. The Morgan fingerprint density at radius 2 is 1.88 bits per heavy atom. The number of hydrogen-bond acceptors (Lipinski definition) is 8. The Balaban J connectivity index is 1.92. The number of thiophene rings is 1. The summed E-state index contributed by atoms with van der Waals surface area (Å²) >= 11 is 1.07. The molecule has 11 nitrogen and oxygen atoms in total. The summed E-state index contributed by atoms with van der Waals surface area (Å²) in [5.41, 5.74) is 5.22. The molecule has 2 aromatic heterocycles. The highest BCUT2D eigenvalue weighted by molar-refractivity contribution is 7.20. The van der Waals surface area contributed by atoms with Crippen LogP contribution in [-0.4, -0.2) is 52.9 Å². The summed E-state index contributed by atoms with van der Waals surface area (Å²) in [4.78, 5) is 52.6. The van der Waals surface area contributed by atoms with Crippen LogP contribution in [0, 0.1) is 6.92 Å². The maximum absolute atomic E-state index is 13.8. The average molecular weight is 573 g/mol. The topological polar surface area (TPSA) is 144 Å². The van der Waals surface area contributed by atoms with Gasteiger partial charge in [0.15, 0.2) is 0 Å². The fourth-order valence-electron chi connectivity index (χ4n) is 4.84. The number of carbonyl (C=O) groups excluding carboxylic acids is 2. The molecule has 0 radical (unpaired) electrons. The second-order valence-corrected chi connectivity index (χ2v) is 11.0. The SMILES string of the molecule is CCNC(=O)c1sc2c(c1C)c(=O)n(CC(N)=O)c(=O)n2C[C@H](OC1CCOCC1)c1ccccc1OC(C)C. The lowest BCUT2D eigenvalue weighted by Crippen LogP contribution is -2.43. The molecule has 1 aliphatic heterocycles. The van der Waals surface area contributed by atoms with Crippen molar-refractivity contribution in [1.29, 1.82) is 0 Å². The Bertz CT molecular complexity index is 1500. The first-order valence-electron chi connectivity index (χ1n) is 13.4. The van der Waals surface area contributed by atoms with Crippen LogP contribution < -0.4 is 27.0 Å². The molecule has 0 saturated carbocycles. The van der Waals surface area contributed by atoms with Crippen LogP contribution in [0.3, 0.4) is 0 Å². The van der Waals surface area contributed by atoms with Crippen molar-refractivity contribution < 1.29 is 23.8 Å². The summed E-state index contributed by atoms with van der Waals surface area (Å²) in [7, 11) is 0. The summed E-state index contributed by atoms with van der Waals surface area (Å²) in [6, 6.07) is 7.48. The van der Waals surface area contributed by atoms with E-state index in [-0.39, 0.29) is 30.0 Å². The first-order valence-corrected chi connectivity index (χ1v) is 14.3. The number of benzene rings is 1. The van der Waals surface area contributed by atoms with Crippen LogP contribution in [0.5, 0.6) is 5.75 Å². The number of fused-ring (bicyclic) bond motifs is 1. The maximum atomic E-state index is 13.8. The summed E-state index contributed by atoms with van der Waals surface area (Å²) in [6.07, 6.45) is 0.512. The number of ether oxygens (including phenoxy) is 3. The third kappa shape index (κ3) is 6.29. The fraction of sp³-hybridized carbons (Fsp3) is 0.500.